The van der Waals surface area contributed by atoms with Crippen LogP contribution in [0.3, 0.4) is 0 Å². The standard InChI is InChI=1S/C15H31NO4S.H3N/c1-3-4-5-6-7-8-9-10-11-12-14(17)15(2,13-16)21(18,19)20;/h3-13,16H2,1-2H3,(H,18,19,20);1H3. The second kappa shape index (κ2) is 12.0. The summed E-state index contributed by atoms with van der Waals surface area (Å²) in [4.78, 5) is 11.9. The average Bonchev–Trinajstić information content (AvgIpc) is 2.43. The zero-order valence-corrected chi connectivity index (χ0v) is 15.0. The van der Waals surface area contributed by atoms with Crippen molar-refractivity contribution >= 4 is 15.9 Å². The SMILES string of the molecule is CCCCCCCCCCCC(=O)C(C)(CN)S(=O)(=O)O.N. The van der Waals surface area contributed by atoms with Crippen LogP contribution in [-0.4, -0.2) is 30.0 Å². The van der Waals surface area contributed by atoms with Crippen LogP contribution in [0, 0.1) is 0 Å². The Morgan fingerprint density at radius 2 is 1.41 bits per heavy atom. The fourth-order valence-corrected chi connectivity index (χ4v) is 2.82. The van der Waals surface area contributed by atoms with Crippen LogP contribution < -0.4 is 11.9 Å². The Hall–Kier alpha value is -0.500. The zero-order valence-electron chi connectivity index (χ0n) is 14.1. The van der Waals surface area contributed by atoms with Gasteiger partial charge < -0.3 is 11.9 Å². The van der Waals surface area contributed by atoms with Gasteiger partial charge in [0.15, 0.2) is 10.5 Å². The predicted molar refractivity (Wildman–Crippen MR) is 90.9 cm³/mol. The molecule has 134 valence electrons. The van der Waals surface area contributed by atoms with Crippen LogP contribution in [0.5, 0.6) is 0 Å². The predicted octanol–water partition coefficient (Wildman–Crippen LogP) is 3.24. The first-order valence-corrected chi connectivity index (χ1v) is 9.44. The number of rotatable bonds is 13. The van der Waals surface area contributed by atoms with E-state index in [-0.39, 0.29) is 19.1 Å². The summed E-state index contributed by atoms with van der Waals surface area (Å²) in [5, 5.41) is 0. The highest BCUT2D eigenvalue weighted by Gasteiger charge is 2.43. The molecule has 0 aromatic heterocycles. The molecule has 6 nitrogen and oxygen atoms in total. The summed E-state index contributed by atoms with van der Waals surface area (Å²) < 4.78 is 29.7. The Balaban J connectivity index is 0. The van der Waals surface area contributed by atoms with Gasteiger partial charge in [0.2, 0.25) is 0 Å². The van der Waals surface area contributed by atoms with Crippen LogP contribution in [0.2, 0.25) is 0 Å². The number of ketones is 1. The monoisotopic (exact) mass is 338 g/mol. The Kier molecular flexibility index (Phi) is 12.9. The highest BCUT2D eigenvalue weighted by molar-refractivity contribution is 7.88. The van der Waals surface area contributed by atoms with Crippen molar-refractivity contribution in [2.75, 3.05) is 6.54 Å². The lowest BCUT2D eigenvalue weighted by Gasteiger charge is -2.22. The molecular formula is C15H34N2O4S. The molecule has 0 rings (SSSR count). The van der Waals surface area contributed by atoms with Crippen molar-refractivity contribution in [3.05, 3.63) is 0 Å². The van der Waals surface area contributed by atoms with Gasteiger partial charge >= 0.3 is 0 Å². The van der Waals surface area contributed by atoms with Crippen molar-refractivity contribution in [3.8, 4) is 0 Å². The third kappa shape index (κ3) is 8.22. The fraction of sp³-hybridized carbons (Fsp3) is 0.933. The van der Waals surface area contributed by atoms with Gasteiger partial charge in [-0.1, -0.05) is 58.3 Å². The Labute approximate surface area is 135 Å². The van der Waals surface area contributed by atoms with Gasteiger partial charge in [-0.05, 0) is 13.3 Å². The van der Waals surface area contributed by atoms with E-state index in [0.29, 0.717) is 6.42 Å². The summed E-state index contributed by atoms with van der Waals surface area (Å²) in [7, 11) is -4.45. The number of hydrogen-bond acceptors (Lipinski definition) is 5. The maximum Gasteiger partial charge on any atom is 0.278 e. The molecule has 0 heterocycles. The van der Waals surface area contributed by atoms with E-state index in [2.05, 4.69) is 6.92 Å². The molecule has 6 N–H and O–H groups in total. The van der Waals surface area contributed by atoms with E-state index < -0.39 is 20.6 Å². The summed E-state index contributed by atoms with van der Waals surface area (Å²) in [5.41, 5.74) is 5.34. The average molecular weight is 339 g/mol. The maximum absolute atomic E-state index is 11.9. The van der Waals surface area contributed by atoms with Crippen molar-refractivity contribution in [2.45, 2.75) is 82.8 Å². The number of hydrogen-bond donors (Lipinski definition) is 3. The van der Waals surface area contributed by atoms with Crippen LogP contribution in [0.1, 0.15) is 78.1 Å². The molecule has 0 amide bonds. The van der Waals surface area contributed by atoms with E-state index in [1.165, 1.54) is 39.0 Å². The molecule has 0 spiro atoms. The van der Waals surface area contributed by atoms with Gasteiger partial charge in [0.1, 0.15) is 0 Å². The third-order valence-corrected chi connectivity index (χ3v) is 5.59. The molecule has 0 aromatic carbocycles. The van der Waals surface area contributed by atoms with Gasteiger partial charge in [-0.25, -0.2) is 0 Å². The van der Waals surface area contributed by atoms with E-state index in [0.717, 1.165) is 19.3 Å². The molecule has 0 aliphatic carbocycles. The van der Waals surface area contributed by atoms with Crippen LogP contribution >= 0.6 is 0 Å². The van der Waals surface area contributed by atoms with Crippen LogP contribution in [0.25, 0.3) is 0 Å². The molecule has 0 saturated carbocycles. The molecule has 0 fully saturated rings. The first-order chi connectivity index (χ1) is 9.79. The normalized spacial score (nSPS) is 14.2. The van der Waals surface area contributed by atoms with Gasteiger partial charge in [0.25, 0.3) is 10.1 Å². The molecule has 0 aliphatic heterocycles. The molecular weight excluding hydrogens is 304 g/mol. The second-order valence-corrected chi connectivity index (χ2v) is 7.76. The van der Waals surface area contributed by atoms with Crippen LogP contribution in [0.15, 0.2) is 0 Å². The zero-order chi connectivity index (χ0) is 16.4. The second-order valence-electron chi connectivity index (χ2n) is 5.91. The van der Waals surface area contributed by atoms with E-state index in [9.17, 15) is 13.2 Å². The molecule has 0 bridgehead atoms. The van der Waals surface area contributed by atoms with Crippen molar-refractivity contribution in [1.82, 2.24) is 6.15 Å². The highest BCUT2D eigenvalue weighted by Crippen LogP contribution is 2.20. The van der Waals surface area contributed by atoms with Gasteiger partial charge in [-0.3, -0.25) is 9.35 Å². The molecule has 0 aliphatic rings. The lowest BCUT2D eigenvalue weighted by molar-refractivity contribution is -0.121. The molecule has 7 heteroatoms. The first kappa shape index (κ1) is 23.8. The van der Waals surface area contributed by atoms with Crippen LogP contribution in [-0.2, 0) is 14.9 Å². The summed E-state index contributed by atoms with van der Waals surface area (Å²) >= 11 is 0. The largest absolute Gasteiger partial charge is 0.344 e. The number of unbranched alkanes of at least 4 members (excludes halogenated alkanes) is 8. The third-order valence-electron chi connectivity index (χ3n) is 4.06. The Bertz CT molecular complexity index is 398. The number of carbonyl (C=O) groups excluding carboxylic acids is 1. The van der Waals surface area contributed by atoms with Gasteiger partial charge in [-0.2, -0.15) is 8.42 Å². The van der Waals surface area contributed by atoms with Crippen molar-refractivity contribution in [2.24, 2.45) is 5.73 Å². The number of Topliss-reactive ketones (excluding diaryl/α,β-unsaturated/α-hetero) is 1. The van der Waals surface area contributed by atoms with Gasteiger partial charge in [-0.15, -0.1) is 0 Å². The Morgan fingerprint density at radius 3 is 1.77 bits per heavy atom. The minimum Gasteiger partial charge on any atom is -0.344 e. The van der Waals surface area contributed by atoms with Crippen LogP contribution in [0.4, 0.5) is 0 Å². The highest BCUT2D eigenvalue weighted by atomic mass is 32.2. The Morgan fingerprint density at radius 1 is 1.00 bits per heavy atom. The van der Waals surface area contributed by atoms with E-state index in [1.54, 1.807) is 0 Å². The van der Waals surface area contributed by atoms with E-state index in [1.807, 2.05) is 0 Å². The molecule has 0 aromatic rings. The molecule has 1 atom stereocenters. The van der Waals surface area contributed by atoms with Crippen molar-refractivity contribution in [1.29, 1.82) is 0 Å². The van der Waals surface area contributed by atoms with Crippen molar-refractivity contribution < 1.29 is 17.8 Å². The van der Waals surface area contributed by atoms with Gasteiger partial charge in [0, 0.05) is 13.0 Å². The quantitative estimate of drug-likeness (QED) is 0.349. The molecule has 1 unspecified atom stereocenters. The molecule has 0 radical (unpaired) electrons. The smallest absolute Gasteiger partial charge is 0.278 e. The van der Waals surface area contributed by atoms with E-state index >= 15 is 0 Å². The fourth-order valence-electron chi connectivity index (χ4n) is 2.22. The lowest BCUT2D eigenvalue weighted by Crippen LogP contribution is -2.49. The molecule has 22 heavy (non-hydrogen) atoms. The summed E-state index contributed by atoms with van der Waals surface area (Å²) in [5.74, 6) is -0.490. The number of nitrogens with two attached hydrogens (primary N) is 1. The minimum absolute atomic E-state index is 0. The summed E-state index contributed by atoms with van der Waals surface area (Å²) in [6.07, 6.45) is 10.2. The van der Waals surface area contributed by atoms with Crippen molar-refractivity contribution in [3.63, 3.8) is 0 Å². The van der Waals surface area contributed by atoms with Gasteiger partial charge in [0.05, 0.1) is 0 Å². The maximum atomic E-state index is 11.9. The first-order valence-electron chi connectivity index (χ1n) is 8.00. The summed E-state index contributed by atoms with van der Waals surface area (Å²) in [6.45, 7) is 3.00. The number of carbonyl (C=O) groups is 1. The molecule has 0 saturated heterocycles. The van der Waals surface area contributed by atoms with E-state index in [4.69, 9.17) is 10.3 Å². The lowest BCUT2D eigenvalue weighted by atomic mass is 9.99. The topological polar surface area (TPSA) is 132 Å². The summed E-state index contributed by atoms with van der Waals surface area (Å²) in [6, 6.07) is 0. The minimum atomic E-state index is -4.45.